The summed E-state index contributed by atoms with van der Waals surface area (Å²) in [6.07, 6.45) is -0.575. The zero-order chi connectivity index (χ0) is 29.0. The molecule has 0 aliphatic rings. The molecule has 0 radical (unpaired) electrons. The topological polar surface area (TPSA) is 257 Å². The maximum Gasteiger partial charge on any atom is 0.326 e. The van der Waals surface area contributed by atoms with Gasteiger partial charge in [-0.25, -0.2) is 4.79 Å². The minimum atomic E-state index is -1.51. The Balaban J connectivity index is 3.17. The van der Waals surface area contributed by atoms with Crippen LogP contribution in [0.3, 0.4) is 0 Å². The summed E-state index contributed by atoms with van der Waals surface area (Å²) in [4.78, 5) is 72.9. The first-order chi connectivity index (χ1) is 17.7. The number of aliphatic carboxylic acids is 1. The van der Waals surface area contributed by atoms with Gasteiger partial charge in [-0.1, -0.05) is 32.4 Å². The van der Waals surface area contributed by atoms with Gasteiger partial charge in [0.25, 0.3) is 0 Å². The average Bonchev–Trinajstić information content (AvgIpc) is 2.84. The molecule has 0 aromatic heterocycles. The highest BCUT2D eigenvalue weighted by atomic mass is 16.4. The van der Waals surface area contributed by atoms with Crippen LogP contribution in [0, 0.1) is 5.92 Å². The van der Waals surface area contributed by atoms with Crippen molar-refractivity contribution in [3.05, 3.63) is 29.8 Å². The van der Waals surface area contributed by atoms with E-state index in [9.17, 15) is 39.0 Å². The molecule has 0 fully saturated rings. The predicted octanol–water partition coefficient (Wildman–Crippen LogP) is -2.01. The zero-order valence-corrected chi connectivity index (χ0v) is 21.3. The van der Waals surface area contributed by atoms with Gasteiger partial charge < -0.3 is 43.4 Å². The van der Waals surface area contributed by atoms with Crippen molar-refractivity contribution < 1.29 is 39.0 Å². The minimum absolute atomic E-state index is 0.0293. The minimum Gasteiger partial charge on any atom is -0.508 e. The first-order valence-electron chi connectivity index (χ1n) is 12.0. The Morgan fingerprint density at radius 1 is 0.868 bits per heavy atom. The molecule has 5 amide bonds. The van der Waals surface area contributed by atoms with Crippen LogP contribution >= 0.6 is 0 Å². The first kappa shape index (κ1) is 31.8. The number of rotatable bonds is 16. The second-order valence-corrected chi connectivity index (χ2v) is 8.98. The molecule has 5 atom stereocenters. The Hall–Kier alpha value is -4.20. The normalized spacial score (nSPS) is 14.7. The van der Waals surface area contributed by atoms with Crippen molar-refractivity contribution in [2.24, 2.45) is 23.1 Å². The van der Waals surface area contributed by atoms with Crippen LogP contribution in [0.25, 0.3) is 0 Å². The highest BCUT2D eigenvalue weighted by Crippen LogP contribution is 2.13. The zero-order valence-electron chi connectivity index (χ0n) is 21.3. The third-order valence-corrected chi connectivity index (χ3v) is 5.86. The number of hydrogen-bond acceptors (Lipinski definition) is 8. The fourth-order valence-electron chi connectivity index (χ4n) is 3.40. The maximum atomic E-state index is 13.1. The molecule has 1 aromatic rings. The van der Waals surface area contributed by atoms with Gasteiger partial charge in [0.2, 0.25) is 29.5 Å². The Bertz CT molecular complexity index is 1020. The largest absolute Gasteiger partial charge is 0.508 e. The molecule has 1 rings (SSSR count). The average molecular weight is 537 g/mol. The number of nitrogens with two attached hydrogens (primary N) is 3. The van der Waals surface area contributed by atoms with E-state index in [1.165, 1.54) is 24.3 Å². The van der Waals surface area contributed by atoms with Crippen molar-refractivity contribution in [2.45, 2.75) is 70.1 Å². The molecule has 5 unspecified atom stereocenters. The van der Waals surface area contributed by atoms with Crippen LogP contribution in [-0.2, 0) is 35.2 Å². The van der Waals surface area contributed by atoms with Gasteiger partial charge in [-0.3, -0.25) is 24.0 Å². The number of benzene rings is 1. The molecule has 38 heavy (non-hydrogen) atoms. The van der Waals surface area contributed by atoms with Crippen molar-refractivity contribution in [1.82, 2.24) is 16.0 Å². The maximum absolute atomic E-state index is 13.1. The summed E-state index contributed by atoms with van der Waals surface area (Å²) in [6.45, 7) is 3.40. The van der Waals surface area contributed by atoms with Gasteiger partial charge in [-0.2, -0.15) is 0 Å². The molecule has 1 aromatic carbocycles. The van der Waals surface area contributed by atoms with E-state index >= 15 is 0 Å². The Labute approximate surface area is 219 Å². The number of carbonyl (C=O) groups is 6. The molecule has 0 saturated heterocycles. The number of carboxylic acid groups (broad SMARTS) is 1. The monoisotopic (exact) mass is 536 g/mol. The summed E-state index contributed by atoms with van der Waals surface area (Å²) in [5, 5.41) is 26.2. The number of carboxylic acids is 1. The van der Waals surface area contributed by atoms with E-state index < -0.39 is 72.0 Å². The van der Waals surface area contributed by atoms with Crippen LogP contribution in [0.1, 0.15) is 45.1 Å². The molecule has 0 heterocycles. The highest BCUT2D eigenvalue weighted by Gasteiger charge is 2.32. The van der Waals surface area contributed by atoms with Gasteiger partial charge in [0.15, 0.2) is 0 Å². The number of nitrogens with one attached hydrogen (secondary N) is 3. The Kier molecular flexibility index (Phi) is 12.7. The number of aromatic hydroxyl groups is 1. The number of hydrogen-bond donors (Lipinski definition) is 8. The molecule has 11 N–H and O–H groups in total. The number of phenols is 1. The third-order valence-electron chi connectivity index (χ3n) is 5.86. The molecule has 0 spiro atoms. The van der Waals surface area contributed by atoms with E-state index in [0.717, 1.165) is 0 Å². The van der Waals surface area contributed by atoms with E-state index in [4.69, 9.17) is 17.2 Å². The third kappa shape index (κ3) is 10.8. The van der Waals surface area contributed by atoms with Gasteiger partial charge in [0.1, 0.15) is 23.9 Å². The molecule has 210 valence electrons. The number of phenolic OH excluding ortho intramolecular Hbond substituents is 1. The van der Waals surface area contributed by atoms with Gasteiger partial charge in [-0.15, -0.1) is 0 Å². The summed E-state index contributed by atoms with van der Waals surface area (Å²) < 4.78 is 0. The molecular formula is C24H36N6O8. The molecule has 14 heteroatoms. The lowest BCUT2D eigenvalue weighted by molar-refractivity contribution is -0.144. The van der Waals surface area contributed by atoms with E-state index in [-0.39, 0.29) is 25.0 Å². The van der Waals surface area contributed by atoms with Crippen LogP contribution in [-0.4, -0.2) is 69.9 Å². The number of carbonyl (C=O) groups excluding carboxylic acids is 5. The fourth-order valence-corrected chi connectivity index (χ4v) is 3.40. The van der Waals surface area contributed by atoms with Crippen LogP contribution in [0.15, 0.2) is 24.3 Å². The summed E-state index contributed by atoms with van der Waals surface area (Å²) in [5.41, 5.74) is 16.5. The highest BCUT2D eigenvalue weighted by molar-refractivity contribution is 5.96. The van der Waals surface area contributed by atoms with Crippen molar-refractivity contribution in [2.75, 3.05) is 0 Å². The lowest BCUT2D eigenvalue weighted by Gasteiger charge is -2.26. The SMILES string of the molecule is CCC(C)C(NC(=O)C(Cc1ccc(O)cc1)NC(=O)C(CC(N)=O)NC(=O)C(N)CCC(N)=O)C(=O)O. The van der Waals surface area contributed by atoms with Gasteiger partial charge in [0, 0.05) is 12.8 Å². The van der Waals surface area contributed by atoms with Crippen LogP contribution in [0.5, 0.6) is 5.75 Å². The van der Waals surface area contributed by atoms with Crippen LogP contribution < -0.4 is 33.2 Å². The standard InChI is InChI=1S/C24H36N6O8/c1-3-12(2)20(24(37)38)30-23(36)16(10-13-4-6-14(31)7-5-13)29-22(35)17(11-19(27)33)28-21(34)15(25)8-9-18(26)32/h4-7,12,15-17,20,31H,3,8-11,25H2,1-2H3,(H2,26,32)(H2,27,33)(H,28,34)(H,29,35)(H,30,36)(H,37,38). The number of primary amides is 2. The second kappa shape index (κ2) is 15.1. The fraction of sp³-hybridized carbons (Fsp3) is 0.500. The summed E-state index contributed by atoms with van der Waals surface area (Å²) in [5.74, 6) is -5.95. The van der Waals surface area contributed by atoms with Crippen molar-refractivity contribution in [3.8, 4) is 5.75 Å². The van der Waals surface area contributed by atoms with Gasteiger partial charge in [0.05, 0.1) is 12.5 Å². The molecule has 0 aliphatic heterocycles. The van der Waals surface area contributed by atoms with Gasteiger partial charge in [-0.05, 0) is 30.0 Å². The lowest BCUT2D eigenvalue weighted by atomic mass is 9.98. The summed E-state index contributed by atoms with van der Waals surface area (Å²) >= 11 is 0. The number of amides is 5. The molecular weight excluding hydrogens is 500 g/mol. The van der Waals surface area contributed by atoms with Crippen molar-refractivity contribution in [3.63, 3.8) is 0 Å². The quantitative estimate of drug-likeness (QED) is 0.116. The van der Waals surface area contributed by atoms with Crippen LogP contribution in [0.2, 0.25) is 0 Å². The van der Waals surface area contributed by atoms with E-state index in [0.29, 0.717) is 12.0 Å². The second-order valence-electron chi connectivity index (χ2n) is 8.98. The smallest absolute Gasteiger partial charge is 0.326 e. The predicted molar refractivity (Wildman–Crippen MR) is 135 cm³/mol. The summed E-state index contributed by atoms with van der Waals surface area (Å²) in [7, 11) is 0. The molecule has 0 aliphatic carbocycles. The molecule has 14 nitrogen and oxygen atoms in total. The van der Waals surface area contributed by atoms with E-state index in [1.807, 2.05) is 0 Å². The van der Waals surface area contributed by atoms with Crippen LogP contribution in [0.4, 0.5) is 0 Å². The Morgan fingerprint density at radius 3 is 1.92 bits per heavy atom. The van der Waals surface area contributed by atoms with E-state index in [1.54, 1.807) is 13.8 Å². The summed E-state index contributed by atoms with van der Waals surface area (Å²) in [6, 6.07) is 0.457. The van der Waals surface area contributed by atoms with Crippen molar-refractivity contribution in [1.29, 1.82) is 0 Å². The van der Waals surface area contributed by atoms with Crippen molar-refractivity contribution >= 4 is 35.5 Å². The first-order valence-corrected chi connectivity index (χ1v) is 12.0. The Morgan fingerprint density at radius 2 is 1.42 bits per heavy atom. The lowest BCUT2D eigenvalue weighted by Crippen LogP contribution is -2.58. The molecule has 0 bridgehead atoms. The molecule has 0 saturated carbocycles. The van der Waals surface area contributed by atoms with E-state index in [2.05, 4.69) is 16.0 Å². The van der Waals surface area contributed by atoms with Gasteiger partial charge >= 0.3 is 5.97 Å².